The van der Waals surface area contributed by atoms with Crippen molar-refractivity contribution in [2.24, 2.45) is 0 Å². The van der Waals surface area contributed by atoms with Crippen LogP contribution in [0.1, 0.15) is 0 Å². The molecule has 0 atom stereocenters. The van der Waals surface area contributed by atoms with Gasteiger partial charge in [0.25, 0.3) is 0 Å². The highest BCUT2D eigenvalue weighted by Crippen LogP contribution is 2.43. The van der Waals surface area contributed by atoms with Crippen LogP contribution in [0.3, 0.4) is 0 Å². The van der Waals surface area contributed by atoms with Gasteiger partial charge in [0.05, 0.1) is 22.2 Å². The Morgan fingerprint density at radius 1 is 0.423 bits per heavy atom. The largest absolute Gasteiger partial charge is 0.309 e. The molecule has 3 aromatic heterocycles. The highest BCUT2D eigenvalue weighted by Gasteiger charge is 2.19. The lowest BCUT2D eigenvalue weighted by molar-refractivity contribution is 1.18. The summed E-state index contributed by atoms with van der Waals surface area (Å²) in [5.74, 6) is 0.724. The summed E-state index contributed by atoms with van der Waals surface area (Å²) in [6, 6.07) is 63.0. The van der Waals surface area contributed by atoms with Crippen LogP contribution < -0.4 is 0 Å². The van der Waals surface area contributed by atoms with E-state index >= 15 is 0 Å². The molecule has 0 radical (unpaired) electrons. The van der Waals surface area contributed by atoms with Gasteiger partial charge >= 0.3 is 0 Å². The summed E-state index contributed by atoms with van der Waals surface area (Å²) in [4.78, 5) is 10.6. The average molecular weight is 680 g/mol. The SMILES string of the molecule is c1ccc(-c2nc(-c3cccc(-c4ccc5c(c4)c4c6ccccc6ccc4n5-c4ccccc4)c3)nc3ccc4c5ccccc5sc4c23)cc1. The van der Waals surface area contributed by atoms with E-state index in [2.05, 4.69) is 180 Å². The third-order valence-corrected chi connectivity index (χ3v) is 11.6. The number of fused-ring (bicyclic) bond motifs is 10. The fourth-order valence-corrected chi connectivity index (χ4v) is 9.24. The Balaban J connectivity index is 1.11. The zero-order valence-electron chi connectivity index (χ0n) is 28.0. The molecule has 3 heterocycles. The quantitative estimate of drug-likeness (QED) is 0.185. The van der Waals surface area contributed by atoms with Gasteiger partial charge in [-0.3, -0.25) is 0 Å². The van der Waals surface area contributed by atoms with E-state index < -0.39 is 0 Å². The summed E-state index contributed by atoms with van der Waals surface area (Å²) in [6.07, 6.45) is 0. The van der Waals surface area contributed by atoms with Gasteiger partial charge in [-0.1, -0.05) is 127 Å². The van der Waals surface area contributed by atoms with Crippen molar-refractivity contribution < 1.29 is 0 Å². The third-order valence-electron chi connectivity index (χ3n) is 10.4. The molecule has 0 aliphatic carbocycles. The first-order chi connectivity index (χ1) is 25.8. The van der Waals surface area contributed by atoms with Crippen LogP contribution in [-0.2, 0) is 0 Å². The molecule has 0 fully saturated rings. The molecule has 0 unspecified atom stereocenters. The number of hydrogen-bond donors (Lipinski definition) is 0. The summed E-state index contributed by atoms with van der Waals surface area (Å²) in [7, 11) is 0. The van der Waals surface area contributed by atoms with E-state index in [0.29, 0.717) is 0 Å². The van der Waals surface area contributed by atoms with Gasteiger partial charge < -0.3 is 4.57 Å². The second-order valence-corrected chi connectivity index (χ2v) is 14.4. The summed E-state index contributed by atoms with van der Waals surface area (Å²) in [6.45, 7) is 0. The average Bonchev–Trinajstić information content (AvgIpc) is 3.77. The van der Waals surface area contributed by atoms with Crippen molar-refractivity contribution in [2.45, 2.75) is 0 Å². The molecule has 4 heteroatoms. The maximum absolute atomic E-state index is 5.35. The molecule has 0 aliphatic heterocycles. The highest BCUT2D eigenvalue weighted by atomic mass is 32.1. The minimum absolute atomic E-state index is 0.724. The zero-order valence-corrected chi connectivity index (χ0v) is 28.8. The molecule has 0 aliphatic rings. The van der Waals surface area contributed by atoms with Crippen LogP contribution in [0.25, 0.3) is 103 Å². The molecule has 8 aromatic carbocycles. The standard InChI is InChI=1S/C48H29N3S/c1-3-13-31(14-4-1)46-45-40(25-24-38-37-20-9-10-21-43(37)52-47(38)45)49-48(50-46)34-16-11-15-32(28-34)33-23-26-41-39(29-33)44-36-19-8-7-12-30(36)22-27-42(44)51(41)35-17-5-2-6-18-35/h1-29H. The van der Waals surface area contributed by atoms with Crippen LogP contribution in [-0.4, -0.2) is 14.5 Å². The first kappa shape index (κ1) is 29.1. The molecule has 0 saturated carbocycles. The number of thiophene rings is 1. The van der Waals surface area contributed by atoms with Crippen LogP contribution in [0, 0.1) is 0 Å². The van der Waals surface area contributed by atoms with Gasteiger partial charge in [-0.15, -0.1) is 11.3 Å². The molecule has 11 aromatic rings. The van der Waals surface area contributed by atoms with Gasteiger partial charge in [0.2, 0.25) is 0 Å². The molecule has 0 N–H and O–H groups in total. The molecule has 3 nitrogen and oxygen atoms in total. The minimum atomic E-state index is 0.724. The molecular formula is C48H29N3S. The van der Waals surface area contributed by atoms with E-state index in [1.54, 1.807) is 0 Å². The van der Waals surface area contributed by atoms with Crippen molar-refractivity contribution in [1.29, 1.82) is 0 Å². The van der Waals surface area contributed by atoms with Crippen molar-refractivity contribution in [3.8, 4) is 39.5 Å². The predicted molar refractivity (Wildman–Crippen MR) is 221 cm³/mol. The molecule has 0 saturated heterocycles. The Morgan fingerprint density at radius 3 is 2.02 bits per heavy atom. The van der Waals surface area contributed by atoms with Gasteiger partial charge in [-0.2, -0.15) is 0 Å². The maximum atomic E-state index is 5.35. The van der Waals surface area contributed by atoms with Crippen LogP contribution in [0.4, 0.5) is 0 Å². The Labute approximate surface area is 303 Å². The van der Waals surface area contributed by atoms with E-state index in [1.807, 2.05) is 11.3 Å². The minimum Gasteiger partial charge on any atom is -0.309 e. The summed E-state index contributed by atoms with van der Waals surface area (Å²) >= 11 is 1.82. The number of aromatic nitrogens is 3. The number of para-hydroxylation sites is 1. The lowest BCUT2D eigenvalue weighted by atomic mass is 9.98. The normalized spacial score (nSPS) is 11.8. The van der Waals surface area contributed by atoms with Gasteiger partial charge in [0.1, 0.15) is 0 Å². The first-order valence-electron chi connectivity index (χ1n) is 17.6. The first-order valence-corrected chi connectivity index (χ1v) is 18.4. The molecule has 0 bridgehead atoms. The van der Waals surface area contributed by atoms with Crippen molar-refractivity contribution >= 4 is 75.0 Å². The smallest absolute Gasteiger partial charge is 0.160 e. The highest BCUT2D eigenvalue weighted by molar-refractivity contribution is 7.26. The molecule has 0 spiro atoms. The Morgan fingerprint density at radius 2 is 1.13 bits per heavy atom. The number of nitrogens with zero attached hydrogens (tertiary/aromatic N) is 3. The van der Waals surface area contributed by atoms with E-state index in [-0.39, 0.29) is 0 Å². The molecule has 11 rings (SSSR count). The fraction of sp³-hybridized carbons (Fsp3) is 0. The molecule has 0 amide bonds. The van der Waals surface area contributed by atoms with Crippen LogP contribution >= 0.6 is 11.3 Å². The fourth-order valence-electron chi connectivity index (χ4n) is 8.00. The van der Waals surface area contributed by atoms with E-state index in [4.69, 9.17) is 9.97 Å². The molecule has 242 valence electrons. The molecule has 52 heavy (non-hydrogen) atoms. The Kier molecular flexibility index (Phi) is 6.42. The van der Waals surface area contributed by atoms with Gasteiger partial charge in [0, 0.05) is 53.1 Å². The van der Waals surface area contributed by atoms with Crippen LogP contribution in [0.5, 0.6) is 0 Å². The molecular weight excluding hydrogens is 651 g/mol. The van der Waals surface area contributed by atoms with Gasteiger partial charge in [-0.25, -0.2) is 9.97 Å². The topological polar surface area (TPSA) is 30.7 Å². The lowest BCUT2D eigenvalue weighted by Crippen LogP contribution is -1.96. The van der Waals surface area contributed by atoms with E-state index in [0.717, 1.165) is 50.4 Å². The van der Waals surface area contributed by atoms with Crippen molar-refractivity contribution in [1.82, 2.24) is 14.5 Å². The third kappa shape index (κ3) is 4.45. The Hall–Kier alpha value is -6.62. The monoisotopic (exact) mass is 679 g/mol. The van der Waals surface area contributed by atoms with E-state index in [1.165, 1.54) is 52.8 Å². The lowest BCUT2D eigenvalue weighted by Gasteiger charge is -2.12. The second-order valence-electron chi connectivity index (χ2n) is 13.4. The number of hydrogen-bond acceptors (Lipinski definition) is 3. The van der Waals surface area contributed by atoms with Crippen LogP contribution in [0.2, 0.25) is 0 Å². The maximum Gasteiger partial charge on any atom is 0.160 e. The summed E-state index contributed by atoms with van der Waals surface area (Å²) < 4.78 is 4.89. The predicted octanol–water partition coefficient (Wildman–Crippen LogP) is 13.2. The van der Waals surface area contributed by atoms with Gasteiger partial charge in [-0.05, 0) is 70.4 Å². The number of rotatable bonds is 4. The number of benzene rings is 8. The van der Waals surface area contributed by atoms with Crippen molar-refractivity contribution in [2.75, 3.05) is 0 Å². The van der Waals surface area contributed by atoms with Crippen molar-refractivity contribution in [3.63, 3.8) is 0 Å². The van der Waals surface area contributed by atoms with Crippen molar-refractivity contribution in [3.05, 3.63) is 176 Å². The zero-order chi connectivity index (χ0) is 34.2. The second kappa shape index (κ2) is 11.5. The Bertz CT molecular complexity index is 3180. The summed E-state index contributed by atoms with van der Waals surface area (Å²) in [5, 5.41) is 8.64. The van der Waals surface area contributed by atoms with Gasteiger partial charge in [0.15, 0.2) is 5.82 Å². The van der Waals surface area contributed by atoms with Crippen LogP contribution in [0.15, 0.2) is 176 Å². The summed E-state index contributed by atoms with van der Waals surface area (Å²) in [5.41, 5.74) is 9.83. The van der Waals surface area contributed by atoms with E-state index in [9.17, 15) is 0 Å².